The first kappa shape index (κ1) is 27.1. The fourth-order valence-corrected chi connectivity index (χ4v) is 5.20. The Morgan fingerprint density at radius 3 is 2.66 bits per heavy atom. The lowest BCUT2D eigenvalue weighted by atomic mass is 10.0. The lowest BCUT2D eigenvalue weighted by Gasteiger charge is -2.26. The van der Waals surface area contributed by atoms with E-state index in [-0.39, 0.29) is 12.4 Å². The zero-order valence-corrected chi connectivity index (χ0v) is 20.9. The highest BCUT2D eigenvalue weighted by molar-refractivity contribution is 7.52. The summed E-state index contributed by atoms with van der Waals surface area (Å²) in [6, 6.07) is 8.19. The van der Waals surface area contributed by atoms with Crippen LogP contribution in [-0.2, 0) is 23.4 Å². The van der Waals surface area contributed by atoms with E-state index in [1.165, 1.54) is 20.0 Å². The first-order chi connectivity index (χ1) is 16.5. The highest BCUT2D eigenvalue weighted by Crippen LogP contribution is 2.48. The molecular formula is C21H27ClN3O9P. The highest BCUT2D eigenvalue weighted by atomic mass is 35.5. The summed E-state index contributed by atoms with van der Waals surface area (Å²) in [5.74, 6) is -0.469. The lowest BCUT2D eigenvalue weighted by molar-refractivity contribution is -0.144. The Bertz CT molecular complexity index is 1190. The Labute approximate surface area is 205 Å². The number of rotatable bonds is 10. The Morgan fingerprint density at radius 2 is 2.03 bits per heavy atom. The van der Waals surface area contributed by atoms with Crippen LogP contribution in [0.2, 0.25) is 0 Å². The van der Waals surface area contributed by atoms with Crippen molar-refractivity contribution in [3.63, 3.8) is 0 Å². The molecule has 1 unspecified atom stereocenters. The first-order valence-electron chi connectivity index (χ1n) is 10.7. The summed E-state index contributed by atoms with van der Waals surface area (Å²) in [5, 5.41) is 13.3. The third-order valence-electron chi connectivity index (χ3n) is 5.19. The summed E-state index contributed by atoms with van der Waals surface area (Å²) in [5.41, 5.74) is -1.40. The van der Waals surface area contributed by atoms with Crippen molar-refractivity contribution >= 4 is 25.3 Å². The third-order valence-corrected chi connectivity index (χ3v) is 7.24. The van der Waals surface area contributed by atoms with Gasteiger partial charge in [-0.05, 0) is 32.9 Å². The van der Waals surface area contributed by atoms with Gasteiger partial charge in [0.25, 0.3) is 5.56 Å². The minimum atomic E-state index is -4.20. The molecule has 1 fully saturated rings. The van der Waals surface area contributed by atoms with Crippen LogP contribution < -0.4 is 20.9 Å². The van der Waals surface area contributed by atoms with Gasteiger partial charge in [-0.2, -0.15) is 5.09 Å². The van der Waals surface area contributed by atoms with Crippen LogP contribution in [0.4, 0.5) is 0 Å². The molecule has 3 rings (SSSR count). The number of nitrogens with one attached hydrogen (secondary N) is 2. The highest BCUT2D eigenvalue weighted by Gasteiger charge is 2.54. The summed E-state index contributed by atoms with van der Waals surface area (Å²) >= 11 is 6.51. The molecule has 14 heteroatoms. The molecule has 1 aliphatic rings. The minimum absolute atomic E-state index is 0.122. The van der Waals surface area contributed by atoms with Crippen LogP contribution in [0.3, 0.4) is 0 Å². The van der Waals surface area contributed by atoms with E-state index in [0.29, 0.717) is 0 Å². The van der Waals surface area contributed by atoms with Crippen molar-refractivity contribution in [3.8, 4) is 5.75 Å². The van der Waals surface area contributed by atoms with E-state index >= 15 is 0 Å². The third kappa shape index (κ3) is 6.40. The average Bonchev–Trinajstić information content (AvgIpc) is 3.02. The van der Waals surface area contributed by atoms with Crippen LogP contribution >= 0.6 is 19.3 Å². The standard InChI is InChI=1S/C21H27ClN3O9P/c1-4-31-18(28)13(2)24-35(30,34-14-8-6-5-7-9-14)32-12-15-17(27)21(3,22)19(33-15)25-11-10-16(26)23-20(25)29/h5-11,13,15,17,19,27H,4,12H2,1-3H3,(H,24,30)(H,23,26,29)/t13-,15-,17-,19-,21-,35?/m1/s1. The van der Waals surface area contributed by atoms with Crippen LogP contribution in [-0.4, -0.2) is 57.0 Å². The predicted octanol–water partition coefficient (Wildman–Crippen LogP) is 1.54. The lowest BCUT2D eigenvalue weighted by Crippen LogP contribution is -2.43. The number of aliphatic hydroxyl groups is 1. The molecule has 1 aromatic carbocycles. The monoisotopic (exact) mass is 531 g/mol. The smallest absolute Gasteiger partial charge is 0.459 e. The van der Waals surface area contributed by atoms with Gasteiger partial charge in [-0.1, -0.05) is 18.2 Å². The molecule has 2 heterocycles. The SMILES string of the molecule is CCOC(=O)[C@@H](C)NP(=O)(OC[C@H]1O[C@@H](n2ccc(=O)[nH]c2=O)[C@](C)(Cl)[C@@H]1O)Oc1ccccc1. The van der Waals surface area contributed by atoms with E-state index in [2.05, 4.69) is 10.1 Å². The number of aromatic amines is 1. The van der Waals surface area contributed by atoms with Crippen molar-refractivity contribution < 1.29 is 33.0 Å². The van der Waals surface area contributed by atoms with Crippen LogP contribution in [0, 0.1) is 0 Å². The van der Waals surface area contributed by atoms with E-state index in [1.807, 2.05) is 0 Å². The molecule has 1 aromatic heterocycles. The Balaban J connectivity index is 1.80. The van der Waals surface area contributed by atoms with Crippen LogP contribution in [0.1, 0.15) is 27.0 Å². The van der Waals surface area contributed by atoms with Crippen LogP contribution in [0.25, 0.3) is 0 Å². The second-order valence-electron chi connectivity index (χ2n) is 7.94. The quantitative estimate of drug-likeness (QED) is 0.233. The second kappa shape index (κ2) is 11.1. The summed E-state index contributed by atoms with van der Waals surface area (Å²) < 4.78 is 36.3. The number of esters is 1. The predicted molar refractivity (Wildman–Crippen MR) is 125 cm³/mol. The number of hydrogen-bond donors (Lipinski definition) is 3. The maximum Gasteiger partial charge on any atom is 0.459 e. The van der Waals surface area contributed by atoms with E-state index in [1.54, 1.807) is 37.3 Å². The molecule has 3 N–H and O–H groups in total. The van der Waals surface area contributed by atoms with Gasteiger partial charge in [0.05, 0.1) is 13.2 Å². The number of H-pyrrole nitrogens is 1. The van der Waals surface area contributed by atoms with Crippen molar-refractivity contribution in [2.24, 2.45) is 0 Å². The Hall–Kier alpha value is -2.47. The average molecular weight is 532 g/mol. The minimum Gasteiger partial charge on any atom is -0.465 e. The normalized spacial score (nSPS) is 26.6. The molecule has 1 aliphatic heterocycles. The van der Waals surface area contributed by atoms with Crippen LogP contribution in [0.5, 0.6) is 5.75 Å². The first-order valence-corrected chi connectivity index (χ1v) is 12.7. The number of nitrogens with zero attached hydrogens (tertiary/aromatic N) is 1. The number of hydrogen-bond acceptors (Lipinski definition) is 9. The summed E-state index contributed by atoms with van der Waals surface area (Å²) in [4.78, 5) is 36.3. The van der Waals surface area contributed by atoms with Gasteiger partial charge in [0, 0.05) is 12.3 Å². The molecule has 0 spiro atoms. The number of carbonyl (C=O) groups is 1. The fraction of sp³-hybridized carbons (Fsp3) is 0.476. The van der Waals surface area contributed by atoms with Crippen LogP contribution in [0.15, 0.2) is 52.2 Å². The number of alkyl halides is 1. The molecule has 35 heavy (non-hydrogen) atoms. The number of aliphatic hydroxyl groups excluding tert-OH is 1. The molecule has 0 saturated carbocycles. The summed E-state index contributed by atoms with van der Waals surface area (Å²) in [6.07, 6.45) is -2.51. The number of halogens is 1. The number of ether oxygens (including phenoxy) is 2. The van der Waals surface area contributed by atoms with Crippen molar-refractivity contribution in [3.05, 3.63) is 63.4 Å². The van der Waals surface area contributed by atoms with Gasteiger partial charge in [-0.25, -0.2) is 9.36 Å². The molecule has 1 saturated heterocycles. The number of carbonyl (C=O) groups excluding carboxylic acids is 1. The molecule has 12 nitrogen and oxygen atoms in total. The number of aromatic nitrogens is 2. The number of benzene rings is 1. The Morgan fingerprint density at radius 1 is 1.34 bits per heavy atom. The van der Waals surface area contributed by atoms with Crippen molar-refractivity contribution in [2.75, 3.05) is 13.2 Å². The molecule has 2 aromatic rings. The Kier molecular flexibility index (Phi) is 8.58. The van der Waals surface area contributed by atoms with E-state index in [0.717, 1.165) is 10.6 Å². The molecule has 192 valence electrons. The molecule has 0 radical (unpaired) electrons. The van der Waals surface area contributed by atoms with Gasteiger partial charge in [0.2, 0.25) is 0 Å². The maximum atomic E-state index is 13.5. The number of para-hydroxylation sites is 1. The van der Waals surface area contributed by atoms with Gasteiger partial charge >= 0.3 is 19.4 Å². The van der Waals surface area contributed by atoms with Crippen molar-refractivity contribution in [1.29, 1.82) is 0 Å². The van der Waals surface area contributed by atoms with E-state index in [9.17, 15) is 24.1 Å². The fourth-order valence-electron chi connectivity index (χ4n) is 3.40. The van der Waals surface area contributed by atoms with Gasteiger partial charge in [-0.3, -0.25) is 23.7 Å². The molecule has 0 bridgehead atoms. The topological polar surface area (TPSA) is 158 Å². The largest absolute Gasteiger partial charge is 0.465 e. The summed E-state index contributed by atoms with van der Waals surface area (Å²) in [6.45, 7) is 4.15. The summed E-state index contributed by atoms with van der Waals surface area (Å²) in [7, 11) is -4.20. The van der Waals surface area contributed by atoms with E-state index in [4.69, 9.17) is 30.1 Å². The molecule has 0 aliphatic carbocycles. The molecular weight excluding hydrogens is 505 g/mol. The van der Waals surface area contributed by atoms with Gasteiger partial charge in [-0.15, -0.1) is 11.6 Å². The second-order valence-corrected chi connectivity index (χ2v) is 10.4. The van der Waals surface area contributed by atoms with Crippen molar-refractivity contribution in [2.45, 2.75) is 50.1 Å². The zero-order chi connectivity index (χ0) is 25.8. The zero-order valence-electron chi connectivity index (χ0n) is 19.3. The van der Waals surface area contributed by atoms with Crippen molar-refractivity contribution in [1.82, 2.24) is 14.6 Å². The molecule has 6 atom stereocenters. The molecule has 0 amide bonds. The van der Waals surface area contributed by atoms with Gasteiger partial charge < -0.3 is 19.1 Å². The van der Waals surface area contributed by atoms with E-state index < -0.39 is 60.9 Å². The van der Waals surface area contributed by atoms with Gasteiger partial charge in [0.1, 0.15) is 28.9 Å². The van der Waals surface area contributed by atoms with Gasteiger partial charge in [0.15, 0.2) is 6.23 Å². The maximum absolute atomic E-state index is 13.5.